The second-order valence-corrected chi connectivity index (χ2v) is 10.5. The molecule has 0 N–H and O–H groups in total. The second-order valence-electron chi connectivity index (χ2n) is 6.57. The molecule has 1 atom stereocenters. The van der Waals surface area contributed by atoms with Crippen LogP contribution in [0.25, 0.3) is 10.2 Å². The third-order valence-corrected chi connectivity index (χ3v) is 7.37. The first-order chi connectivity index (χ1) is 13.2. The Labute approximate surface area is 175 Å². The molecular weight excluding hydrogens is 470 g/mol. The van der Waals surface area contributed by atoms with Gasteiger partial charge >= 0.3 is 5.97 Å². The molecule has 11 heteroatoms. The van der Waals surface area contributed by atoms with Crippen LogP contribution >= 0.6 is 27.3 Å². The van der Waals surface area contributed by atoms with Crippen LogP contribution < -0.4 is 4.80 Å². The fourth-order valence-corrected chi connectivity index (χ4v) is 5.61. The van der Waals surface area contributed by atoms with Crippen LogP contribution in [-0.4, -0.2) is 55.6 Å². The highest BCUT2D eigenvalue weighted by atomic mass is 79.9. The van der Waals surface area contributed by atoms with Crippen molar-refractivity contribution in [2.45, 2.75) is 19.4 Å². The fraction of sp³-hybridized carbons (Fsp3) is 0.471. The average molecular weight is 490 g/mol. The van der Waals surface area contributed by atoms with E-state index in [1.165, 1.54) is 22.8 Å². The van der Waals surface area contributed by atoms with E-state index in [9.17, 15) is 18.0 Å². The Morgan fingerprint density at radius 2 is 2.14 bits per heavy atom. The molecule has 0 bridgehead atoms. The first kappa shape index (κ1) is 21.2. The minimum Gasteiger partial charge on any atom is -0.468 e. The number of carbonyl (C=O) groups is 2. The maximum absolute atomic E-state index is 12.8. The molecule has 0 radical (unpaired) electrons. The third kappa shape index (κ3) is 4.70. The lowest BCUT2D eigenvalue weighted by Gasteiger charge is -2.28. The number of methoxy groups -OCH3 is 1. The molecule has 8 nitrogen and oxygen atoms in total. The van der Waals surface area contributed by atoms with Gasteiger partial charge in [0.2, 0.25) is 10.0 Å². The summed E-state index contributed by atoms with van der Waals surface area (Å²) in [6.07, 6.45) is 2.34. The zero-order valence-electron chi connectivity index (χ0n) is 15.4. The second kappa shape index (κ2) is 8.44. The van der Waals surface area contributed by atoms with Crippen molar-refractivity contribution in [1.82, 2.24) is 8.87 Å². The minimum absolute atomic E-state index is 0.0651. The first-order valence-electron chi connectivity index (χ1n) is 8.58. The molecule has 1 saturated heterocycles. The van der Waals surface area contributed by atoms with Gasteiger partial charge in [-0.15, -0.1) is 0 Å². The number of carbonyl (C=O) groups excluding carboxylic acids is 2. The van der Waals surface area contributed by atoms with Gasteiger partial charge in [0.1, 0.15) is 6.54 Å². The molecule has 28 heavy (non-hydrogen) atoms. The summed E-state index contributed by atoms with van der Waals surface area (Å²) >= 11 is 4.71. The van der Waals surface area contributed by atoms with E-state index in [1.807, 2.05) is 18.2 Å². The zero-order valence-corrected chi connectivity index (χ0v) is 18.6. The summed E-state index contributed by atoms with van der Waals surface area (Å²) < 4.78 is 33.1. The van der Waals surface area contributed by atoms with Gasteiger partial charge in [-0.2, -0.15) is 4.99 Å². The lowest BCUT2D eigenvalue weighted by molar-refractivity contribution is -0.141. The number of amides is 1. The van der Waals surface area contributed by atoms with Crippen molar-refractivity contribution < 1.29 is 22.7 Å². The molecular formula is C17H20BrN3O5S2. The van der Waals surface area contributed by atoms with Crippen molar-refractivity contribution in [3.63, 3.8) is 0 Å². The summed E-state index contributed by atoms with van der Waals surface area (Å²) in [6, 6.07) is 5.58. The van der Waals surface area contributed by atoms with Crippen LogP contribution in [0.4, 0.5) is 0 Å². The molecule has 1 unspecified atom stereocenters. The minimum atomic E-state index is -3.35. The van der Waals surface area contributed by atoms with Gasteiger partial charge in [-0.1, -0.05) is 27.3 Å². The van der Waals surface area contributed by atoms with Crippen LogP contribution in [-0.2, 0) is 30.9 Å². The van der Waals surface area contributed by atoms with E-state index in [2.05, 4.69) is 20.9 Å². The standard InChI is InChI=1S/C17H20BrN3O5S2/c1-26-15(22)10-21-13-6-5-12(18)8-14(13)27-17(21)19-16(23)11-4-3-7-20(9-11)28(2,24)25/h5-6,8,11H,3-4,7,9-10H2,1-2H3. The first-order valence-corrected chi connectivity index (χ1v) is 12.0. The number of benzene rings is 1. The van der Waals surface area contributed by atoms with Crippen LogP contribution in [0.2, 0.25) is 0 Å². The Balaban J connectivity index is 1.99. The van der Waals surface area contributed by atoms with Gasteiger partial charge in [-0.05, 0) is 31.0 Å². The highest BCUT2D eigenvalue weighted by Crippen LogP contribution is 2.23. The van der Waals surface area contributed by atoms with Crippen molar-refractivity contribution >= 4 is 59.4 Å². The smallest absolute Gasteiger partial charge is 0.325 e. The number of thiazole rings is 1. The van der Waals surface area contributed by atoms with Crippen molar-refractivity contribution in [2.24, 2.45) is 10.9 Å². The molecule has 0 saturated carbocycles. The number of ether oxygens (including phenoxy) is 1. The lowest BCUT2D eigenvalue weighted by Crippen LogP contribution is -2.41. The van der Waals surface area contributed by atoms with Crippen molar-refractivity contribution in [3.8, 4) is 0 Å². The fourth-order valence-electron chi connectivity index (χ4n) is 3.11. The SMILES string of the molecule is COC(=O)Cn1c(=NC(=O)C2CCCN(S(C)(=O)=O)C2)sc2cc(Br)ccc21. The van der Waals surface area contributed by atoms with Gasteiger partial charge < -0.3 is 9.30 Å². The van der Waals surface area contributed by atoms with E-state index < -0.39 is 21.9 Å². The zero-order chi connectivity index (χ0) is 20.5. The number of hydrogen-bond acceptors (Lipinski definition) is 6. The van der Waals surface area contributed by atoms with E-state index in [0.29, 0.717) is 24.2 Å². The van der Waals surface area contributed by atoms with E-state index >= 15 is 0 Å². The molecule has 2 heterocycles. The van der Waals surface area contributed by atoms with Gasteiger partial charge in [0.25, 0.3) is 5.91 Å². The van der Waals surface area contributed by atoms with Gasteiger partial charge in [0.05, 0.1) is 29.5 Å². The Bertz CT molecular complexity index is 1090. The molecule has 1 fully saturated rings. The van der Waals surface area contributed by atoms with Gasteiger partial charge in [-0.3, -0.25) is 9.59 Å². The summed E-state index contributed by atoms with van der Waals surface area (Å²) in [5.41, 5.74) is 0.770. The van der Waals surface area contributed by atoms with Crippen LogP contribution in [0.15, 0.2) is 27.7 Å². The predicted octanol–water partition coefficient (Wildman–Crippen LogP) is 1.74. The number of fused-ring (bicyclic) bond motifs is 1. The van der Waals surface area contributed by atoms with E-state index in [0.717, 1.165) is 20.9 Å². The Kier molecular flexibility index (Phi) is 6.37. The molecule has 3 rings (SSSR count). The van der Waals surface area contributed by atoms with Gasteiger partial charge in [-0.25, -0.2) is 12.7 Å². The van der Waals surface area contributed by atoms with Crippen LogP contribution in [0.5, 0.6) is 0 Å². The Morgan fingerprint density at radius 3 is 2.82 bits per heavy atom. The summed E-state index contributed by atoms with van der Waals surface area (Å²) in [6.45, 7) is 0.487. The van der Waals surface area contributed by atoms with Gasteiger partial charge in [0.15, 0.2) is 4.80 Å². The number of halogens is 1. The quantitative estimate of drug-likeness (QED) is 0.609. The molecule has 1 aromatic heterocycles. The largest absolute Gasteiger partial charge is 0.468 e. The molecule has 152 valence electrons. The number of aromatic nitrogens is 1. The average Bonchev–Trinajstić information content (AvgIpc) is 2.97. The predicted molar refractivity (Wildman–Crippen MR) is 109 cm³/mol. The maximum Gasteiger partial charge on any atom is 0.325 e. The normalized spacial score (nSPS) is 19.1. The summed E-state index contributed by atoms with van der Waals surface area (Å²) in [5.74, 6) is -1.32. The lowest BCUT2D eigenvalue weighted by atomic mass is 9.99. The Morgan fingerprint density at radius 1 is 1.39 bits per heavy atom. The summed E-state index contributed by atoms with van der Waals surface area (Å²) in [5, 5.41) is 0. The Hall–Kier alpha value is -1.56. The number of hydrogen-bond donors (Lipinski definition) is 0. The van der Waals surface area contributed by atoms with Crippen molar-refractivity contribution in [2.75, 3.05) is 26.5 Å². The summed E-state index contributed by atoms with van der Waals surface area (Å²) in [4.78, 5) is 29.2. The van der Waals surface area contributed by atoms with Crippen molar-refractivity contribution in [3.05, 3.63) is 27.5 Å². The molecule has 2 aromatic rings. The highest BCUT2D eigenvalue weighted by molar-refractivity contribution is 9.10. The van der Waals surface area contributed by atoms with Crippen LogP contribution in [0, 0.1) is 5.92 Å². The molecule has 1 aliphatic heterocycles. The highest BCUT2D eigenvalue weighted by Gasteiger charge is 2.30. The molecule has 1 amide bonds. The number of rotatable bonds is 4. The number of sulfonamides is 1. The molecule has 0 aliphatic carbocycles. The summed E-state index contributed by atoms with van der Waals surface area (Å²) in [7, 11) is -2.04. The third-order valence-electron chi connectivity index (χ3n) is 4.57. The monoisotopic (exact) mass is 489 g/mol. The van der Waals surface area contributed by atoms with E-state index in [-0.39, 0.29) is 19.0 Å². The maximum atomic E-state index is 12.8. The topological polar surface area (TPSA) is 98.0 Å². The van der Waals surface area contributed by atoms with Crippen LogP contribution in [0.1, 0.15) is 12.8 Å². The van der Waals surface area contributed by atoms with E-state index in [1.54, 1.807) is 4.57 Å². The number of nitrogens with zero attached hydrogens (tertiary/aromatic N) is 3. The van der Waals surface area contributed by atoms with Crippen LogP contribution in [0.3, 0.4) is 0 Å². The molecule has 1 aromatic carbocycles. The number of piperidine rings is 1. The van der Waals surface area contributed by atoms with Crippen molar-refractivity contribution in [1.29, 1.82) is 0 Å². The molecule has 0 spiro atoms. The number of esters is 1. The van der Waals surface area contributed by atoms with Gasteiger partial charge in [0, 0.05) is 17.6 Å². The molecule has 1 aliphatic rings. The van der Waals surface area contributed by atoms with E-state index in [4.69, 9.17) is 4.74 Å².